The zero-order valence-corrected chi connectivity index (χ0v) is 32.1. The Morgan fingerprint density at radius 3 is 1.20 bits per heavy atom. The van der Waals surface area contributed by atoms with E-state index in [1.165, 1.54) is 0 Å². The van der Waals surface area contributed by atoms with Crippen molar-refractivity contribution in [3.05, 3.63) is 194 Å². The number of fused-ring (bicyclic) bond motifs is 8. The third-order valence-electron chi connectivity index (χ3n) is 11.2. The quantitative estimate of drug-likeness (QED) is 0.167. The Morgan fingerprint density at radius 2 is 0.667 bits per heavy atom. The van der Waals surface area contributed by atoms with Gasteiger partial charge >= 0.3 is 0 Å². The second-order valence-corrected chi connectivity index (χ2v) is 14.8. The first-order valence-corrected chi connectivity index (χ1v) is 19.9. The molecule has 8 nitrogen and oxygen atoms in total. The van der Waals surface area contributed by atoms with Crippen molar-refractivity contribution in [2.75, 3.05) is 0 Å². The zero-order chi connectivity index (χ0) is 39.6. The van der Waals surface area contributed by atoms with Crippen LogP contribution in [0.1, 0.15) is 0 Å². The molecule has 0 saturated carbocycles. The lowest BCUT2D eigenvalue weighted by Gasteiger charge is -2.12. The highest BCUT2D eigenvalue weighted by molar-refractivity contribution is 6.21. The van der Waals surface area contributed by atoms with E-state index in [2.05, 4.69) is 112 Å². The molecule has 280 valence electrons. The topological polar surface area (TPSA) is 87.2 Å². The Balaban J connectivity index is 1.13. The molecule has 8 aromatic carbocycles. The first-order valence-electron chi connectivity index (χ1n) is 19.9. The van der Waals surface area contributed by atoms with Gasteiger partial charge in [-0.2, -0.15) is 19.9 Å². The van der Waals surface area contributed by atoms with E-state index < -0.39 is 0 Å². The van der Waals surface area contributed by atoms with Crippen molar-refractivity contribution in [1.29, 1.82) is 0 Å². The summed E-state index contributed by atoms with van der Waals surface area (Å²) in [7, 11) is 0. The van der Waals surface area contributed by atoms with Gasteiger partial charge in [0.05, 0.1) is 22.1 Å². The highest BCUT2D eigenvalue weighted by Gasteiger charge is 2.22. The van der Waals surface area contributed by atoms with Crippen molar-refractivity contribution in [1.82, 2.24) is 39.0 Å². The molecule has 0 atom stereocenters. The summed E-state index contributed by atoms with van der Waals surface area (Å²) < 4.78 is 4.31. The first kappa shape index (κ1) is 33.7. The molecule has 60 heavy (non-hydrogen) atoms. The van der Waals surface area contributed by atoms with E-state index in [0.717, 1.165) is 76.6 Å². The molecule has 0 spiro atoms. The molecule has 0 aliphatic carbocycles. The number of rotatable bonds is 6. The summed E-state index contributed by atoms with van der Waals surface area (Å²) in [4.78, 5) is 30.9. The maximum atomic E-state index is 5.28. The summed E-state index contributed by atoms with van der Waals surface area (Å²) in [5.41, 5.74) is 7.59. The standard InChI is InChI=1S/C52H32N8/c1-4-17-34(18-5-1)47-53-48(35-19-6-2-7-20-35)57-52(56-47)60-44-30-29-37(32-41(44)46-38-23-11-10-16-33(38)28-31-45(46)60)50-54-49(36-21-8-3-9-22-36)55-51(58-50)59-42-26-14-12-24-39(42)40-25-13-15-27-43(40)59/h1-32H. The van der Waals surface area contributed by atoms with Crippen molar-refractivity contribution in [2.45, 2.75) is 0 Å². The minimum absolute atomic E-state index is 0.533. The van der Waals surface area contributed by atoms with Crippen LogP contribution >= 0.6 is 0 Å². The molecule has 0 unspecified atom stereocenters. The predicted molar refractivity (Wildman–Crippen MR) is 241 cm³/mol. The van der Waals surface area contributed by atoms with Gasteiger partial charge in [-0.15, -0.1) is 0 Å². The number of para-hydroxylation sites is 2. The molecule has 4 aromatic heterocycles. The van der Waals surface area contributed by atoms with E-state index >= 15 is 0 Å². The summed E-state index contributed by atoms with van der Waals surface area (Å²) in [5.74, 6) is 3.45. The van der Waals surface area contributed by atoms with Crippen LogP contribution in [0.4, 0.5) is 0 Å². The van der Waals surface area contributed by atoms with Crippen molar-refractivity contribution < 1.29 is 0 Å². The molecular formula is C52H32N8. The van der Waals surface area contributed by atoms with Gasteiger partial charge < -0.3 is 0 Å². The van der Waals surface area contributed by atoms with Gasteiger partial charge in [0, 0.05) is 43.8 Å². The van der Waals surface area contributed by atoms with Crippen LogP contribution in [0.2, 0.25) is 0 Å². The minimum Gasteiger partial charge on any atom is -0.278 e. The maximum Gasteiger partial charge on any atom is 0.238 e. The Bertz CT molecular complexity index is 3490. The summed E-state index contributed by atoms with van der Waals surface area (Å²) in [6.07, 6.45) is 0. The van der Waals surface area contributed by atoms with Crippen molar-refractivity contribution in [2.24, 2.45) is 0 Å². The average Bonchev–Trinajstić information content (AvgIpc) is 3.85. The van der Waals surface area contributed by atoms with Crippen LogP contribution in [-0.4, -0.2) is 39.0 Å². The third kappa shape index (κ3) is 5.46. The fourth-order valence-corrected chi connectivity index (χ4v) is 8.49. The molecule has 0 bridgehead atoms. The second-order valence-electron chi connectivity index (χ2n) is 14.8. The Morgan fingerprint density at radius 1 is 0.267 bits per heavy atom. The molecule has 0 amide bonds. The fraction of sp³-hybridized carbons (Fsp3) is 0. The van der Waals surface area contributed by atoms with Crippen LogP contribution in [0.3, 0.4) is 0 Å². The van der Waals surface area contributed by atoms with Gasteiger partial charge in [0.1, 0.15) is 0 Å². The van der Waals surface area contributed by atoms with Gasteiger partial charge in [0.15, 0.2) is 23.3 Å². The molecule has 12 rings (SSSR count). The molecule has 0 aliphatic heterocycles. The predicted octanol–water partition coefficient (Wildman–Crippen LogP) is 12.1. The monoisotopic (exact) mass is 768 g/mol. The van der Waals surface area contributed by atoms with Crippen LogP contribution in [0.25, 0.3) is 112 Å². The summed E-state index contributed by atoms with van der Waals surface area (Å²) in [6, 6.07) is 66.4. The number of benzene rings is 8. The number of aromatic nitrogens is 8. The van der Waals surface area contributed by atoms with Crippen LogP contribution in [0.5, 0.6) is 0 Å². The molecule has 12 aromatic rings. The molecule has 0 aliphatic rings. The molecule has 4 heterocycles. The Kier molecular flexibility index (Phi) is 7.67. The maximum absolute atomic E-state index is 5.28. The smallest absolute Gasteiger partial charge is 0.238 e. The average molecular weight is 769 g/mol. The van der Waals surface area contributed by atoms with Gasteiger partial charge in [-0.1, -0.05) is 158 Å². The van der Waals surface area contributed by atoms with E-state index in [9.17, 15) is 0 Å². The lowest BCUT2D eigenvalue weighted by molar-refractivity contribution is 0.952. The van der Waals surface area contributed by atoms with Gasteiger partial charge in [0.25, 0.3) is 0 Å². The van der Waals surface area contributed by atoms with Crippen LogP contribution in [0, 0.1) is 0 Å². The summed E-state index contributed by atoms with van der Waals surface area (Å²) in [6.45, 7) is 0. The van der Waals surface area contributed by atoms with Gasteiger partial charge in [-0.3, -0.25) is 9.13 Å². The van der Waals surface area contributed by atoms with E-state index in [4.69, 9.17) is 29.9 Å². The van der Waals surface area contributed by atoms with Gasteiger partial charge in [-0.25, -0.2) is 9.97 Å². The summed E-state index contributed by atoms with van der Waals surface area (Å²) >= 11 is 0. The number of hydrogen-bond acceptors (Lipinski definition) is 6. The molecule has 0 saturated heterocycles. The SMILES string of the molecule is c1ccc(-c2nc(-c3ccc4c(c3)c3c5ccccc5ccc3n4-c3nc(-c4ccccc4)nc(-c4ccccc4)n3)nc(-n3c4ccccc4c4ccccc43)n2)cc1. The fourth-order valence-electron chi connectivity index (χ4n) is 8.49. The Hall–Kier alpha value is -8.36. The molecular weight excluding hydrogens is 737 g/mol. The van der Waals surface area contributed by atoms with Crippen LogP contribution in [-0.2, 0) is 0 Å². The van der Waals surface area contributed by atoms with E-state index in [-0.39, 0.29) is 0 Å². The largest absolute Gasteiger partial charge is 0.278 e. The second kappa shape index (κ2) is 13.6. The zero-order valence-electron chi connectivity index (χ0n) is 32.1. The molecule has 0 radical (unpaired) electrons. The van der Waals surface area contributed by atoms with Crippen LogP contribution < -0.4 is 0 Å². The van der Waals surface area contributed by atoms with E-state index in [1.807, 2.05) is 91.0 Å². The van der Waals surface area contributed by atoms with Gasteiger partial charge in [0.2, 0.25) is 11.9 Å². The third-order valence-corrected chi connectivity index (χ3v) is 11.2. The minimum atomic E-state index is 0.533. The van der Waals surface area contributed by atoms with E-state index in [0.29, 0.717) is 35.2 Å². The van der Waals surface area contributed by atoms with Gasteiger partial charge in [-0.05, 0) is 47.2 Å². The highest BCUT2D eigenvalue weighted by atomic mass is 15.2. The van der Waals surface area contributed by atoms with Crippen molar-refractivity contribution in [3.63, 3.8) is 0 Å². The lowest BCUT2D eigenvalue weighted by Crippen LogP contribution is -2.07. The lowest BCUT2D eigenvalue weighted by atomic mass is 10.0. The molecule has 0 N–H and O–H groups in total. The normalized spacial score (nSPS) is 11.7. The number of hydrogen-bond donors (Lipinski definition) is 0. The van der Waals surface area contributed by atoms with E-state index in [1.54, 1.807) is 0 Å². The van der Waals surface area contributed by atoms with Crippen molar-refractivity contribution in [3.8, 4) is 57.4 Å². The summed E-state index contributed by atoms with van der Waals surface area (Å²) in [5, 5.41) is 6.67. The Labute approximate surface area is 343 Å². The molecule has 0 fully saturated rings. The van der Waals surface area contributed by atoms with Crippen molar-refractivity contribution >= 4 is 54.4 Å². The highest BCUT2D eigenvalue weighted by Crippen LogP contribution is 2.39. The number of nitrogens with zero attached hydrogens (tertiary/aromatic N) is 8. The first-order chi connectivity index (χ1) is 29.7. The van der Waals surface area contributed by atoms with Crippen LogP contribution in [0.15, 0.2) is 194 Å². The molecule has 8 heteroatoms.